The molecule has 1 amide bonds. The zero-order valence-electron chi connectivity index (χ0n) is 6.59. The normalized spacial score (nSPS) is 19.5. The van der Waals surface area contributed by atoms with Gasteiger partial charge < -0.3 is 9.80 Å². The first kappa shape index (κ1) is 7.12. The van der Waals surface area contributed by atoms with Crippen LogP contribution in [0.5, 0.6) is 0 Å². The second-order valence-corrected chi connectivity index (χ2v) is 2.66. The van der Waals surface area contributed by atoms with E-state index in [1.54, 1.807) is 18.0 Å². The van der Waals surface area contributed by atoms with E-state index in [-0.39, 0.29) is 5.91 Å². The summed E-state index contributed by atoms with van der Waals surface area (Å²) in [5.41, 5.74) is 1.03. The molecule has 10 heavy (non-hydrogen) atoms. The maximum Gasteiger partial charge on any atom is 0.249 e. The van der Waals surface area contributed by atoms with E-state index in [9.17, 15) is 4.79 Å². The van der Waals surface area contributed by atoms with E-state index in [4.69, 9.17) is 0 Å². The molecule has 3 nitrogen and oxygen atoms in total. The molecule has 0 bridgehead atoms. The third kappa shape index (κ3) is 1.12. The Hall–Kier alpha value is -0.990. The molecule has 0 atom stereocenters. The minimum Gasteiger partial charge on any atom is -0.360 e. The van der Waals surface area contributed by atoms with Gasteiger partial charge in [-0.25, -0.2) is 0 Å². The molecule has 1 aliphatic heterocycles. The van der Waals surface area contributed by atoms with E-state index < -0.39 is 0 Å². The third-order valence-corrected chi connectivity index (χ3v) is 1.73. The lowest BCUT2D eigenvalue weighted by molar-refractivity contribution is -0.127. The van der Waals surface area contributed by atoms with E-state index in [1.807, 2.05) is 18.9 Å². The monoisotopic (exact) mass is 140 g/mol. The van der Waals surface area contributed by atoms with Gasteiger partial charge in [0.05, 0.1) is 6.67 Å². The van der Waals surface area contributed by atoms with Gasteiger partial charge >= 0.3 is 0 Å². The highest BCUT2D eigenvalue weighted by atomic mass is 16.2. The molecule has 0 fully saturated rings. The summed E-state index contributed by atoms with van der Waals surface area (Å²) in [5.74, 6) is 0.0931. The zero-order valence-corrected chi connectivity index (χ0v) is 6.59. The second kappa shape index (κ2) is 2.33. The fraction of sp³-hybridized carbons (Fsp3) is 0.571. The SMILES string of the molecule is CC1=CC(=O)N(C)CN1C. The van der Waals surface area contributed by atoms with Crippen LogP contribution >= 0.6 is 0 Å². The van der Waals surface area contributed by atoms with Crippen molar-refractivity contribution in [3.05, 3.63) is 11.8 Å². The van der Waals surface area contributed by atoms with Gasteiger partial charge in [-0.1, -0.05) is 0 Å². The minimum atomic E-state index is 0.0931. The van der Waals surface area contributed by atoms with Crippen molar-refractivity contribution in [3.63, 3.8) is 0 Å². The Bertz CT molecular complexity index is 186. The van der Waals surface area contributed by atoms with Crippen molar-refractivity contribution in [3.8, 4) is 0 Å². The number of nitrogens with zero attached hydrogens (tertiary/aromatic N) is 2. The van der Waals surface area contributed by atoms with Crippen molar-refractivity contribution >= 4 is 5.91 Å². The fourth-order valence-electron chi connectivity index (χ4n) is 0.899. The molecule has 0 aromatic rings. The molecule has 0 saturated heterocycles. The van der Waals surface area contributed by atoms with Crippen LogP contribution in [0.15, 0.2) is 11.8 Å². The van der Waals surface area contributed by atoms with Crippen LogP contribution in [0, 0.1) is 0 Å². The molecule has 0 saturated carbocycles. The van der Waals surface area contributed by atoms with Crippen LogP contribution in [0.1, 0.15) is 6.92 Å². The summed E-state index contributed by atoms with van der Waals surface area (Å²) in [7, 11) is 3.76. The molecule has 0 aromatic carbocycles. The van der Waals surface area contributed by atoms with Gasteiger partial charge in [0.1, 0.15) is 0 Å². The highest BCUT2D eigenvalue weighted by Gasteiger charge is 2.14. The van der Waals surface area contributed by atoms with Crippen molar-refractivity contribution in [1.29, 1.82) is 0 Å². The topological polar surface area (TPSA) is 23.6 Å². The number of hydrogen-bond acceptors (Lipinski definition) is 2. The molecule has 1 rings (SSSR count). The number of allylic oxidation sites excluding steroid dienone is 1. The van der Waals surface area contributed by atoms with Gasteiger partial charge in [-0.15, -0.1) is 0 Å². The number of carbonyl (C=O) groups is 1. The Morgan fingerprint density at radius 1 is 1.40 bits per heavy atom. The number of carbonyl (C=O) groups excluding carboxylic acids is 1. The molecule has 0 spiro atoms. The summed E-state index contributed by atoms with van der Waals surface area (Å²) in [6.07, 6.45) is 1.64. The van der Waals surface area contributed by atoms with E-state index in [2.05, 4.69) is 0 Å². The number of amides is 1. The molecule has 1 heterocycles. The van der Waals surface area contributed by atoms with Crippen LogP contribution in [0.2, 0.25) is 0 Å². The van der Waals surface area contributed by atoms with Crippen LogP contribution in [-0.2, 0) is 4.79 Å². The maximum absolute atomic E-state index is 11.0. The Kier molecular flexibility index (Phi) is 1.66. The molecular weight excluding hydrogens is 128 g/mol. The van der Waals surface area contributed by atoms with Crippen molar-refractivity contribution in [2.45, 2.75) is 6.92 Å². The van der Waals surface area contributed by atoms with Crippen LogP contribution in [0.25, 0.3) is 0 Å². The molecule has 0 radical (unpaired) electrons. The quantitative estimate of drug-likeness (QED) is 0.481. The smallest absolute Gasteiger partial charge is 0.249 e. The average Bonchev–Trinajstić information content (AvgIpc) is 1.84. The highest BCUT2D eigenvalue weighted by Crippen LogP contribution is 2.07. The fourth-order valence-corrected chi connectivity index (χ4v) is 0.899. The number of likely N-dealkylation sites (N-methyl/N-ethyl adjacent to an activating group) is 1. The van der Waals surface area contributed by atoms with E-state index in [0.29, 0.717) is 6.67 Å². The average molecular weight is 140 g/mol. The standard InChI is InChI=1S/C7H12N2O/c1-6-4-7(10)9(3)5-8(6)2/h4H,5H2,1-3H3. The molecule has 0 N–H and O–H groups in total. The van der Waals surface area contributed by atoms with Gasteiger partial charge in [-0.3, -0.25) is 4.79 Å². The summed E-state index contributed by atoms with van der Waals surface area (Å²) < 4.78 is 0. The maximum atomic E-state index is 11.0. The predicted octanol–water partition coefficient (Wildman–Crippen LogP) is 0.252. The molecule has 0 aromatic heterocycles. The summed E-state index contributed by atoms with van der Waals surface area (Å²) in [6.45, 7) is 2.63. The third-order valence-electron chi connectivity index (χ3n) is 1.73. The van der Waals surface area contributed by atoms with Gasteiger partial charge in [-0.2, -0.15) is 0 Å². The van der Waals surface area contributed by atoms with E-state index >= 15 is 0 Å². The Morgan fingerprint density at radius 3 is 2.50 bits per heavy atom. The molecule has 0 unspecified atom stereocenters. The summed E-state index contributed by atoms with van der Waals surface area (Å²) in [5, 5.41) is 0. The van der Waals surface area contributed by atoms with Gasteiger partial charge in [0.2, 0.25) is 5.91 Å². The second-order valence-electron chi connectivity index (χ2n) is 2.66. The van der Waals surface area contributed by atoms with Crippen LogP contribution in [0.4, 0.5) is 0 Å². The van der Waals surface area contributed by atoms with Crippen LogP contribution in [-0.4, -0.2) is 36.5 Å². The summed E-state index contributed by atoms with van der Waals surface area (Å²) in [6, 6.07) is 0. The Morgan fingerprint density at radius 2 is 2.00 bits per heavy atom. The molecule has 0 aliphatic carbocycles. The van der Waals surface area contributed by atoms with Gasteiger partial charge in [-0.05, 0) is 6.92 Å². The van der Waals surface area contributed by atoms with Gasteiger partial charge in [0.15, 0.2) is 0 Å². The first-order chi connectivity index (χ1) is 4.61. The first-order valence-corrected chi connectivity index (χ1v) is 3.26. The summed E-state index contributed by atoms with van der Waals surface area (Å²) >= 11 is 0. The predicted molar refractivity (Wildman–Crippen MR) is 39.2 cm³/mol. The lowest BCUT2D eigenvalue weighted by Gasteiger charge is -2.30. The van der Waals surface area contributed by atoms with Crippen LogP contribution in [0.3, 0.4) is 0 Å². The number of rotatable bonds is 0. The largest absolute Gasteiger partial charge is 0.360 e. The minimum absolute atomic E-state index is 0.0931. The molecule has 56 valence electrons. The van der Waals surface area contributed by atoms with Gasteiger partial charge in [0, 0.05) is 25.9 Å². The van der Waals surface area contributed by atoms with E-state index in [1.165, 1.54) is 0 Å². The molecule has 3 heteroatoms. The molecule has 1 aliphatic rings. The highest BCUT2D eigenvalue weighted by molar-refractivity contribution is 5.88. The zero-order chi connectivity index (χ0) is 7.72. The van der Waals surface area contributed by atoms with Crippen molar-refractivity contribution in [1.82, 2.24) is 9.80 Å². The van der Waals surface area contributed by atoms with Crippen molar-refractivity contribution < 1.29 is 4.79 Å². The van der Waals surface area contributed by atoms with Crippen LogP contribution < -0.4 is 0 Å². The summed E-state index contributed by atoms with van der Waals surface area (Å²) in [4.78, 5) is 14.7. The molecular formula is C7H12N2O. The first-order valence-electron chi connectivity index (χ1n) is 3.26. The van der Waals surface area contributed by atoms with E-state index in [0.717, 1.165) is 5.70 Å². The lowest BCUT2D eigenvalue weighted by atomic mass is 10.3. The lowest BCUT2D eigenvalue weighted by Crippen LogP contribution is -2.39. The van der Waals surface area contributed by atoms with Crippen molar-refractivity contribution in [2.75, 3.05) is 20.8 Å². The van der Waals surface area contributed by atoms with Gasteiger partial charge in [0.25, 0.3) is 0 Å². The Balaban J connectivity index is 2.79. The van der Waals surface area contributed by atoms with Crippen molar-refractivity contribution in [2.24, 2.45) is 0 Å². The number of hydrogen-bond donors (Lipinski definition) is 0. The Labute approximate surface area is 60.9 Å².